The van der Waals surface area contributed by atoms with Crippen LogP contribution in [-0.2, 0) is 25.5 Å². The molecule has 0 saturated heterocycles. The van der Waals surface area contributed by atoms with Crippen molar-refractivity contribution >= 4 is 33.6 Å². The van der Waals surface area contributed by atoms with Crippen LogP contribution < -0.4 is 4.74 Å². The Hall–Kier alpha value is -3.01. The lowest BCUT2D eigenvalue weighted by Crippen LogP contribution is -2.23. The molecule has 9 nitrogen and oxygen atoms in total. The summed E-state index contributed by atoms with van der Waals surface area (Å²) in [6.07, 6.45) is -1.62. The van der Waals surface area contributed by atoms with Gasteiger partial charge in [-0.3, -0.25) is 14.9 Å². The molecule has 154 valence electrons. The number of aromatic nitrogens is 1. The molecule has 0 fully saturated rings. The summed E-state index contributed by atoms with van der Waals surface area (Å²) in [7, 11) is 0. The predicted molar refractivity (Wildman–Crippen MR) is 105 cm³/mol. The van der Waals surface area contributed by atoms with E-state index in [0.717, 1.165) is 0 Å². The van der Waals surface area contributed by atoms with Crippen LogP contribution in [-0.4, -0.2) is 35.1 Å². The molecule has 2 aromatic rings. The van der Waals surface area contributed by atoms with Gasteiger partial charge in [0, 0.05) is 11.6 Å². The quantitative estimate of drug-likeness (QED) is 0.238. The molecule has 10 heteroatoms. The fraction of sp³-hybridized carbons (Fsp3) is 0.316. The third-order valence-corrected chi connectivity index (χ3v) is 4.10. The standard InChI is InChI=1S/C19H19BrN2O7/c1-3-27-16(23)11-12-7-5-9-14(22(25)26)17(12)29-18(19(24)28-4-2)13-8-6-10-15(20)21-13/h5-10,18H,3-4,11H2,1-2H3. The average molecular weight is 467 g/mol. The summed E-state index contributed by atoms with van der Waals surface area (Å²) in [5.41, 5.74) is 0.0103. The number of halogens is 1. The van der Waals surface area contributed by atoms with Crippen LogP contribution in [0.2, 0.25) is 0 Å². The van der Waals surface area contributed by atoms with Crippen LogP contribution in [0.4, 0.5) is 5.69 Å². The van der Waals surface area contributed by atoms with Gasteiger partial charge in [0.05, 0.1) is 30.3 Å². The van der Waals surface area contributed by atoms with Crippen molar-refractivity contribution < 1.29 is 28.7 Å². The van der Waals surface area contributed by atoms with Crippen molar-refractivity contribution in [1.29, 1.82) is 0 Å². The first-order valence-electron chi connectivity index (χ1n) is 8.75. The predicted octanol–water partition coefficient (Wildman–Crippen LogP) is 3.54. The summed E-state index contributed by atoms with van der Waals surface area (Å²) in [6.45, 7) is 3.52. The number of para-hydroxylation sites is 1. The van der Waals surface area contributed by atoms with Gasteiger partial charge in [-0.25, -0.2) is 9.78 Å². The van der Waals surface area contributed by atoms with Crippen molar-refractivity contribution in [3.8, 4) is 5.75 Å². The molecule has 0 aliphatic carbocycles. The highest BCUT2D eigenvalue weighted by molar-refractivity contribution is 9.10. The molecular formula is C19H19BrN2O7. The average Bonchev–Trinajstić information content (AvgIpc) is 2.67. The maximum absolute atomic E-state index is 12.5. The number of rotatable bonds is 9. The van der Waals surface area contributed by atoms with Crippen LogP contribution >= 0.6 is 15.9 Å². The van der Waals surface area contributed by atoms with Gasteiger partial charge in [0.25, 0.3) is 0 Å². The molecule has 1 atom stereocenters. The maximum Gasteiger partial charge on any atom is 0.353 e. The van der Waals surface area contributed by atoms with Crippen LogP contribution in [0.25, 0.3) is 0 Å². The Kier molecular flexibility index (Phi) is 8.08. The molecule has 0 radical (unpaired) electrons. The van der Waals surface area contributed by atoms with Crippen molar-refractivity contribution in [2.45, 2.75) is 26.4 Å². The number of carbonyl (C=O) groups excluding carboxylic acids is 2. The molecular weight excluding hydrogens is 448 g/mol. The monoisotopic (exact) mass is 466 g/mol. The zero-order valence-corrected chi connectivity index (χ0v) is 17.4. The highest BCUT2D eigenvalue weighted by Crippen LogP contribution is 2.35. The van der Waals surface area contributed by atoms with Crippen LogP contribution in [0.5, 0.6) is 5.75 Å². The Morgan fingerprint density at radius 2 is 1.83 bits per heavy atom. The molecule has 0 aliphatic rings. The van der Waals surface area contributed by atoms with Gasteiger partial charge in [-0.15, -0.1) is 0 Å². The van der Waals surface area contributed by atoms with Crippen LogP contribution in [0.3, 0.4) is 0 Å². The fourth-order valence-electron chi connectivity index (χ4n) is 2.49. The SMILES string of the molecule is CCOC(=O)Cc1cccc([N+](=O)[O-])c1OC(C(=O)OCC)c1cccc(Br)n1. The Bertz CT molecular complexity index is 904. The lowest BCUT2D eigenvalue weighted by atomic mass is 10.1. The largest absolute Gasteiger partial charge is 0.466 e. The van der Waals surface area contributed by atoms with E-state index in [1.165, 1.54) is 24.3 Å². The minimum absolute atomic E-state index is 0.0826. The van der Waals surface area contributed by atoms with Crippen molar-refractivity contribution in [2.75, 3.05) is 13.2 Å². The van der Waals surface area contributed by atoms with E-state index in [0.29, 0.717) is 4.60 Å². The van der Waals surface area contributed by atoms with E-state index in [1.807, 2.05) is 0 Å². The van der Waals surface area contributed by atoms with Gasteiger partial charge in [-0.2, -0.15) is 0 Å². The molecule has 0 amide bonds. The first kappa shape index (κ1) is 22.3. The van der Waals surface area contributed by atoms with E-state index in [-0.39, 0.29) is 36.6 Å². The summed E-state index contributed by atoms with van der Waals surface area (Å²) >= 11 is 3.22. The molecule has 0 bridgehead atoms. The first-order chi connectivity index (χ1) is 13.9. The molecule has 0 N–H and O–H groups in total. The van der Waals surface area contributed by atoms with Gasteiger partial charge >= 0.3 is 17.6 Å². The molecule has 1 aromatic heterocycles. The third-order valence-electron chi connectivity index (χ3n) is 3.65. The second-order valence-electron chi connectivity index (χ2n) is 5.64. The smallest absolute Gasteiger partial charge is 0.353 e. The number of benzene rings is 1. The molecule has 1 heterocycles. The zero-order valence-electron chi connectivity index (χ0n) is 15.8. The van der Waals surface area contributed by atoms with Gasteiger partial charge in [0.1, 0.15) is 4.60 Å². The van der Waals surface area contributed by atoms with Gasteiger partial charge < -0.3 is 14.2 Å². The van der Waals surface area contributed by atoms with Gasteiger partial charge in [0.15, 0.2) is 0 Å². The summed E-state index contributed by atoms with van der Waals surface area (Å²) in [5.74, 6) is -1.56. The lowest BCUT2D eigenvalue weighted by Gasteiger charge is -2.19. The fourth-order valence-corrected chi connectivity index (χ4v) is 2.85. The molecule has 1 aromatic carbocycles. The summed E-state index contributed by atoms with van der Waals surface area (Å²) in [6, 6.07) is 8.97. The molecule has 0 spiro atoms. The first-order valence-corrected chi connectivity index (χ1v) is 9.54. The van der Waals surface area contributed by atoms with Gasteiger partial charge in [0.2, 0.25) is 11.9 Å². The maximum atomic E-state index is 12.5. The minimum Gasteiger partial charge on any atom is -0.466 e. The van der Waals surface area contributed by atoms with Crippen molar-refractivity contribution in [2.24, 2.45) is 0 Å². The third kappa shape index (κ3) is 5.98. The molecule has 0 saturated carbocycles. The van der Waals surface area contributed by atoms with Crippen molar-refractivity contribution in [3.63, 3.8) is 0 Å². The van der Waals surface area contributed by atoms with Crippen molar-refractivity contribution in [1.82, 2.24) is 4.98 Å². The minimum atomic E-state index is -1.37. The number of ether oxygens (including phenoxy) is 3. The van der Waals surface area contributed by atoms with E-state index in [4.69, 9.17) is 14.2 Å². The number of nitro groups is 1. The number of nitro benzene ring substituents is 1. The van der Waals surface area contributed by atoms with E-state index >= 15 is 0 Å². The number of hydrogen-bond donors (Lipinski definition) is 0. The Morgan fingerprint density at radius 1 is 1.14 bits per heavy atom. The number of hydrogen-bond acceptors (Lipinski definition) is 8. The van der Waals surface area contributed by atoms with Crippen LogP contribution in [0.15, 0.2) is 41.0 Å². The highest BCUT2D eigenvalue weighted by atomic mass is 79.9. The Labute approximate surface area is 175 Å². The van der Waals surface area contributed by atoms with Gasteiger partial charge in [-0.1, -0.05) is 18.2 Å². The topological polar surface area (TPSA) is 118 Å². The van der Waals surface area contributed by atoms with E-state index in [9.17, 15) is 19.7 Å². The molecule has 1 unspecified atom stereocenters. The zero-order chi connectivity index (χ0) is 21.4. The number of pyridine rings is 1. The normalized spacial score (nSPS) is 11.4. The van der Waals surface area contributed by atoms with Crippen LogP contribution in [0, 0.1) is 10.1 Å². The molecule has 0 aliphatic heterocycles. The lowest BCUT2D eigenvalue weighted by molar-refractivity contribution is -0.386. The van der Waals surface area contributed by atoms with Gasteiger partial charge in [-0.05, 0) is 41.9 Å². The highest BCUT2D eigenvalue weighted by Gasteiger charge is 2.31. The van der Waals surface area contributed by atoms with E-state index < -0.39 is 28.7 Å². The van der Waals surface area contributed by atoms with Crippen LogP contribution in [0.1, 0.15) is 31.2 Å². The molecule has 2 rings (SSSR count). The summed E-state index contributed by atoms with van der Waals surface area (Å²) in [4.78, 5) is 39.5. The summed E-state index contributed by atoms with van der Waals surface area (Å²) < 4.78 is 16.2. The Morgan fingerprint density at radius 3 is 2.45 bits per heavy atom. The second-order valence-corrected chi connectivity index (χ2v) is 6.45. The number of esters is 2. The number of nitrogens with zero attached hydrogens (tertiary/aromatic N) is 2. The Balaban J connectivity index is 2.51. The van der Waals surface area contributed by atoms with Crippen molar-refractivity contribution in [3.05, 3.63) is 62.4 Å². The second kappa shape index (κ2) is 10.5. The van der Waals surface area contributed by atoms with E-state index in [1.54, 1.807) is 26.0 Å². The number of carbonyl (C=O) groups is 2. The molecule has 29 heavy (non-hydrogen) atoms. The van der Waals surface area contributed by atoms with E-state index in [2.05, 4.69) is 20.9 Å². The summed E-state index contributed by atoms with van der Waals surface area (Å²) in [5, 5.41) is 11.5.